The zero-order valence-electron chi connectivity index (χ0n) is 26.6. The summed E-state index contributed by atoms with van der Waals surface area (Å²) < 4.78 is 13.3. The average molecular weight is 574 g/mol. The number of carbonyl (C=O) groups is 1. The van der Waals surface area contributed by atoms with Crippen LogP contribution in [0.2, 0.25) is 0 Å². The SMILES string of the molecule is CCC(CCCC1(C)Oc2c(C)c(C=O)c(CCN(C)Cc3c(C)cc(C)[nH]c3=O)c(-c3ccccc3)c2O1)N(C)C. The standard InChI is InChI=1S/C35H47N3O4/c1-9-27(37(6)7)16-13-18-35(5)41-32-25(4)30(22-39)28(31(33(32)42-35)26-14-11-10-12-15-26)17-19-38(8)21-29-23(2)20-24(3)36-34(29)40/h10-12,14-15,20,22,27H,9,13,16-19,21H2,1-8H3,(H,36,40). The van der Waals surface area contributed by atoms with E-state index in [4.69, 9.17) is 9.47 Å². The fraction of sp³-hybridized carbons (Fsp3) is 0.486. The number of nitrogens with zero attached hydrogens (tertiary/aromatic N) is 2. The Morgan fingerprint density at radius 2 is 1.71 bits per heavy atom. The van der Waals surface area contributed by atoms with E-state index in [2.05, 4.69) is 47.9 Å². The second-order valence-corrected chi connectivity index (χ2v) is 12.2. The van der Waals surface area contributed by atoms with Gasteiger partial charge in [0.05, 0.1) is 0 Å². The number of pyridine rings is 1. The summed E-state index contributed by atoms with van der Waals surface area (Å²) in [6, 6.07) is 12.6. The number of nitrogens with one attached hydrogen (secondary N) is 1. The summed E-state index contributed by atoms with van der Waals surface area (Å²) in [5.74, 6) is 0.577. The van der Waals surface area contributed by atoms with Crippen LogP contribution in [0.4, 0.5) is 0 Å². The van der Waals surface area contributed by atoms with Gasteiger partial charge in [-0.25, -0.2) is 0 Å². The number of likely N-dealkylation sites (N-methyl/N-ethyl adjacent to an activating group) is 1. The quantitative estimate of drug-likeness (QED) is 0.237. The van der Waals surface area contributed by atoms with E-state index in [1.54, 1.807) is 0 Å². The van der Waals surface area contributed by atoms with Crippen LogP contribution in [0, 0.1) is 20.8 Å². The van der Waals surface area contributed by atoms with Crippen molar-refractivity contribution in [1.29, 1.82) is 0 Å². The number of rotatable bonds is 13. The molecule has 0 saturated heterocycles. The molecule has 0 radical (unpaired) electrons. The molecule has 0 saturated carbocycles. The van der Waals surface area contributed by atoms with E-state index >= 15 is 0 Å². The van der Waals surface area contributed by atoms with Crippen molar-refractivity contribution in [2.24, 2.45) is 0 Å². The van der Waals surface area contributed by atoms with Gasteiger partial charge in [-0.2, -0.15) is 0 Å². The number of carbonyl (C=O) groups excluding carboxylic acids is 1. The molecule has 2 atom stereocenters. The Balaban J connectivity index is 1.66. The molecule has 7 nitrogen and oxygen atoms in total. The van der Waals surface area contributed by atoms with Gasteiger partial charge < -0.3 is 24.3 Å². The highest BCUT2D eigenvalue weighted by molar-refractivity contribution is 5.91. The van der Waals surface area contributed by atoms with E-state index in [-0.39, 0.29) is 5.56 Å². The van der Waals surface area contributed by atoms with Gasteiger partial charge in [0.2, 0.25) is 5.79 Å². The maximum atomic E-state index is 12.6. The average Bonchev–Trinajstić information content (AvgIpc) is 3.29. The Morgan fingerprint density at radius 1 is 1.02 bits per heavy atom. The predicted octanol–water partition coefficient (Wildman–Crippen LogP) is 6.45. The minimum absolute atomic E-state index is 0.0491. The largest absolute Gasteiger partial charge is 0.448 e. The van der Waals surface area contributed by atoms with E-state index in [1.165, 1.54) is 0 Å². The molecule has 1 aliphatic heterocycles. The third-order valence-electron chi connectivity index (χ3n) is 8.66. The highest BCUT2D eigenvalue weighted by Crippen LogP contribution is 2.52. The molecule has 42 heavy (non-hydrogen) atoms. The normalized spacial score (nSPS) is 16.8. The lowest BCUT2D eigenvalue weighted by Crippen LogP contribution is -2.35. The molecule has 0 aliphatic carbocycles. The van der Waals surface area contributed by atoms with Crippen molar-refractivity contribution in [3.8, 4) is 22.6 Å². The van der Waals surface area contributed by atoms with Crippen LogP contribution in [0.5, 0.6) is 11.5 Å². The van der Waals surface area contributed by atoms with E-state index in [0.29, 0.717) is 36.9 Å². The van der Waals surface area contributed by atoms with Crippen molar-refractivity contribution in [3.63, 3.8) is 0 Å². The Labute approximate surface area is 250 Å². The maximum absolute atomic E-state index is 12.6. The lowest BCUT2D eigenvalue weighted by atomic mass is 9.89. The number of aromatic amines is 1. The third kappa shape index (κ3) is 6.79. The summed E-state index contributed by atoms with van der Waals surface area (Å²) in [4.78, 5) is 32.6. The maximum Gasteiger partial charge on any atom is 0.252 e. The summed E-state index contributed by atoms with van der Waals surface area (Å²) in [5.41, 5.74) is 6.87. The highest BCUT2D eigenvalue weighted by atomic mass is 16.7. The number of hydrogen-bond donors (Lipinski definition) is 1. The third-order valence-corrected chi connectivity index (χ3v) is 8.66. The monoisotopic (exact) mass is 573 g/mol. The predicted molar refractivity (Wildman–Crippen MR) is 170 cm³/mol. The van der Waals surface area contributed by atoms with E-state index in [9.17, 15) is 9.59 Å². The van der Waals surface area contributed by atoms with Gasteiger partial charge in [-0.15, -0.1) is 0 Å². The second-order valence-electron chi connectivity index (χ2n) is 12.2. The molecule has 2 aromatic carbocycles. The van der Waals surface area contributed by atoms with Crippen LogP contribution in [-0.2, 0) is 13.0 Å². The summed E-state index contributed by atoms with van der Waals surface area (Å²) in [5, 5.41) is 0. The Morgan fingerprint density at radius 3 is 2.33 bits per heavy atom. The van der Waals surface area contributed by atoms with E-state index < -0.39 is 5.79 Å². The number of aldehydes is 1. The fourth-order valence-corrected chi connectivity index (χ4v) is 6.22. The molecule has 226 valence electrons. The molecule has 0 spiro atoms. The first-order chi connectivity index (χ1) is 20.0. The number of fused-ring (bicyclic) bond motifs is 1. The Hall–Kier alpha value is -3.42. The summed E-state index contributed by atoms with van der Waals surface area (Å²) >= 11 is 0. The van der Waals surface area contributed by atoms with Crippen LogP contribution in [0.3, 0.4) is 0 Å². The first kappa shape index (κ1) is 31.5. The number of aromatic nitrogens is 1. The van der Waals surface area contributed by atoms with Crippen molar-refractivity contribution in [2.75, 3.05) is 27.7 Å². The molecular weight excluding hydrogens is 526 g/mol. The van der Waals surface area contributed by atoms with Crippen molar-refractivity contribution in [2.45, 2.75) is 85.1 Å². The van der Waals surface area contributed by atoms with Gasteiger partial charge in [-0.1, -0.05) is 37.3 Å². The van der Waals surface area contributed by atoms with Gasteiger partial charge >= 0.3 is 0 Å². The molecular formula is C35H47N3O4. The van der Waals surface area contributed by atoms with E-state index in [0.717, 1.165) is 76.8 Å². The number of aryl methyl sites for hydroxylation is 2. The van der Waals surface area contributed by atoms with Crippen LogP contribution in [0.25, 0.3) is 11.1 Å². The van der Waals surface area contributed by atoms with E-state index in [1.807, 2.05) is 59.0 Å². The van der Waals surface area contributed by atoms with Gasteiger partial charge in [0.1, 0.15) is 0 Å². The topological polar surface area (TPSA) is 74.9 Å². The van der Waals surface area contributed by atoms with Gasteiger partial charge in [0.25, 0.3) is 5.56 Å². The van der Waals surface area contributed by atoms with Crippen molar-refractivity contribution >= 4 is 6.29 Å². The number of ether oxygens (including phenoxy) is 2. The summed E-state index contributed by atoms with van der Waals surface area (Å²) in [7, 11) is 6.27. The molecule has 7 heteroatoms. The molecule has 2 unspecified atom stereocenters. The van der Waals surface area contributed by atoms with Crippen molar-refractivity contribution in [1.82, 2.24) is 14.8 Å². The molecule has 4 rings (SSSR count). The molecule has 0 fully saturated rings. The molecule has 1 aromatic heterocycles. The van der Waals surface area contributed by atoms with Crippen molar-refractivity contribution in [3.05, 3.63) is 80.3 Å². The molecule has 2 heterocycles. The van der Waals surface area contributed by atoms with Gasteiger partial charge in [0, 0.05) is 60.4 Å². The Kier molecular flexibility index (Phi) is 9.95. The number of hydrogen-bond acceptors (Lipinski definition) is 6. The lowest BCUT2D eigenvalue weighted by Gasteiger charge is -2.26. The smallest absolute Gasteiger partial charge is 0.252 e. The lowest BCUT2D eigenvalue weighted by molar-refractivity contribution is -0.0704. The van der Waals surface area contributed by atoms with Gasteiger partial charge in [-0.05, 0) is 90.4 Å². The number of benzene rings is 2. The van der Waals surface area contributed by atoms with Crippen LogP contribution in [0.15, 0.2) is 41.2 Å². The van der Waals surface area contributed by atoms with Gasteiger partial charge in [-0.3, -0.25) is 9.59 Å². The summed E-state index contributed by atoms with van der Waals surface area (Å²) in [6.07, 6.45) is 5.45. The molecule has 1 aliphatic rings. The van der Waals surface area contributed by atoms with Crippen molar-refractivity contribution < 1.29 is 14.3 Å². The Bertz CT molecular complexity index is 1460. The molecule has 1 N–H and O–H groups in total. The summed E-state index contributed by atoms with van der Waals surface area (Å²) in [6.45, 7) is 11.2. The van der Waals surface area contributed by atoms with Crippen LogP contribution in [-0.4, -0.2) is 60.6 Å². The van der Waals surface area contributed by atoms with Crippen LogP contribution >= 0.6 is 0 Å². The number of H-pyrrole nitrogens is 1. The van der Waals surface area contributed by atoms with Crippen LogP contribution in [0.1, 0.15) is 77.8 Å². The first-order valence-corrected chi connectivity index (χ1v) is 15.1. The molecule has 0 bridgehead atoms. The van der Waals surface area contributed by atoms with Gasteiger partial charge in [0.15, 0.2) is 17.8 Å². The minimum atomic E-state index is -0.805. The first-order valence-electron chi connectivity index (χ1n) is 15.1. The zero-order chi connectivity index (χ0) is 30.6. The highest BCUT2D eigenvalue weighted by Gasteiger charge is 2.41. The fourth-order valence-electron chi connectivity index (χ4n) is 6.22. The zero-order valence-corrected chi connectivity index (χ0v) is 26.6. The molecule has 3 aromatic rings. The minimum Gasteiger partial charge on any atom is -0.448 e. The molecule has 0 amide bonds. The second kappa shape index (κ2) is 13.3. The van der Waals surface area contributed by atoms with Crippen LogP contribution < -0.4 is 15.0 Å².